The summed E-state index contributed by atoms with van der Waals surface area (Å²) >= 11 is 0. The fraction of sp³-hybridized carbons (Fsp3) is 0.333. The summed E-state index contributed by atoms with van der Waals surface area (Å²) in [4.78, 5) is 11.1. The first-order valence-electron chi connectivity index (χ1n) is 5.23. The molecule has 0 saturated heterocycles. The van der Waals surface area contributed by atoms with Crippen molar-refractivity contribution < 1.29 is 9.53 Å². The number of hydrogen-bond acceptors (Lipinski definition) is 3. The second-order valence-corrected chi connectivity index (χ2v) is 3.40. The zero-order chi connectivity index (χ0) is 11.8. The van der Waals surface area contributed by atoms with E-state index in [2.05, 4.69) is 0 Å². The number of primary amides is 1. The van der Waals surface area contributed by atoms with E-state index in [0.717, 1.165) is 12.0 Å². The molecule has 0 aliphatic carbocycles. The molecule has 0 heterocycles. The van der Waals surface area contributed by atoms with E-state index in [-0.39, 0.29) is 0 Å². The molecule has 0 bridgehead atoms. The van der Waals surface area contributed by atoms with Crippen LogP contribution < -0.4 is 11.5 Å². The molecule has 87 valence electrons. The molecule has 1 radical (unpaired) electrons. The summed E-state index contributed by atoms with van der Waals surface area (Å²) in [6.07, 6.45) is 2.80. The van der Waals surface area contributed by atoms with Crippen molar-refractivity contribution in [2.24, 2.45) is 11.5 Å². The molecular weight excluding hydrogens is 204 g/mol. The molecule has 1 rings (SSSR count). The Morgan fingerprint density at radius 1 is 1.38 bits per heavy atom. The van der Waals surface area contributed by atoms with Crippen molar-refractivity contribution in [3.05, 3.63) is 41.8 Å². The van der Waals surface area contributed by atoms with Crippen molar-refractivity contribution in [3.8, 4) is 0 Å². The Bertz CT molecular complexity index is 340. The van der Waals surface area contributed by atoms with Crippen molar-refractivity contribution in [2.75, 3.05) is 13.2 Å². The third-order valence-corrected chi connectivity index (χ3v) is 2.15. The lowest BCUT2D eigenvalue weighted by Crippen LogP contribution is -2.14. The molecule has 16 heavy (non-hydrogen) atoms. The molecule has 0 fully saturated rings. The molecule has 0 saturated carbocycles. The normalized spacial score (nSPS) is 10.3. The number of carbonyl (C=O) groups is 1. The monoisotopic (exact) mass is 221 g/mol. The number of nitrogens with two attached hydrogens (primary N) is 2. The van der Waals surface area contributed by atoms with Crippen LogP contribution in [0.5, 0.6) is 0 Å². The topological polar surface area (TPSA) is 78.3 Å². The van der Waals surface area contributed by atoms with E-state index in [1.54, 1.807) is 12.1 Å². The minimum Gasteiger partial charge on any atom is -0.376 e. The lowest BCUT2D eigenvalue weighted by Gasteiger charge is -2.07. The van der Waals surface area contributed by atoms with Gasteiger partial charge in [-0.2, -0.15) is 0 Å². The third kappa shape index (κ3) is 4.00. The Balaban J connectivity index is 2.44. The van der Waals surface area contributed by atoms with Crippen LogP contribution in [0.4, 0.5) is 0 Å². The van der Waals surface area contributed by atoms with Crippen molar-refractivity contribution in [1.29, 1.82) is 0 Å². The van der Waals surface area contributed by atoms with Crippen LogP contribution in [-0.4, -0.2) is 19.1 Å². The molecule has 1 aromatic carbocycles. The van der Waals surface area contributed by atoms with Crippen LogP contribution in [0.2, 0.25) is 0 Å². The van der Waals surface area contributed by atoms with E-state index < -0.39 is 5.91 Å². The summed E-state index contributed by atoms with van der Waals surface area (Å²) in [5.41, 5.74) is 11.9. The lowest BCUT2D eigenvalue weighted by molar-refractivity contribution is 0.0991. The Morgan fingerprint density at radius 3 is 2.81 bits per heavy atom. The molecule has 1 amide bonds. The van der Waals surface area contributed by atoms with E-state index in [1.807, 2.05) is 18.6 Å². The van der Waals surface area contributed by atoms with Crippen LogP contribution in [0.3, 0.4) is 0 Å². The minimum atomic E-state index is -0.426. The maximum atomic E-state index is 11.1. The van der Waals surface area contributed by atoms with E-state index in [4.69, 9.17) is 16.2 Å². The molecule has 1 aromatic rings. The molecular formula is C12H17N2O2. The Hall–Kier alpha value is -1.39. The fourth-order valence-corrected chi connectivity index (χ4v) is 1.34. The molecule has 4 N–H and O–H groups in total. The van der Waals surface area contributed by atoms with Crippen LogP contribution in [-0.2, 0) is 11.3 Å². The van der Waals surface area contributed by atoms with Crippen molar-refractivity contribution in [3.63, 3.8) is 0 Å². The van der Waals surface area contributed by atoms with Gasteiger partial charge in [0.15, 0.2) is 0 Å². The van der Waals surface area contributed by atoms with Crippen LogP contribution in [0.1, 0.15) is 22.3 Å². The standard InChI is InChI=1S/C12H17N2O2/c13-7-3-4-8-16-9-10-5-1-2-6-11(10)12(14)15/h1-2,4-6H,3,7-9,13H2,(H2,14,15). The molecule has 0 aliphatic heterocycles. The minimum absolute atomic E-state index is 0.389. The molecule has 0 spiro atoms. The maximum Gasteiger partial charge on any atom is 0.249 e. The number of rotatable bonds is 7. The summed E-state index contributed by atoms with van der Waals surface area (Å²) in [7, 11) is 0. The number of ether oxygens (including phenoxy) is 1. The third-order valence-electron chi connectivity index (χ3n) is 2.15. The smallest absolute Gasteiger partial charge is 0.249 e. The lowest BCUT2D eigenvalue weighted by atomic mass is 10.1. The first kappa shape index (κ1) is 12.7. The van der Waals surface area contributed by atoms with Gasteiger partial charge in [-0.1, -0.05) is 18.2 Å². The predicted molar refractivity (Wildman–Crippen MR) is 62.6 cm³/mol. The van der Waals surface area contributed by atoms with Gasteiger partial charge in [-0.05, 0) is 31.0 Å². The molecule has 4 nitrogen and oxygen atoms in total. The summed E-state index contributed by atoms with van der Waals surface area (Å²) in [6.45, 7) is 1.55. The van der Waals surface area contributed by atoms with Crippen LogP contribution in [0, 0.1) is 6.42 Å². The fourth-order valence-electron chi connectivity index (χ4n) is 1.34. The van der Waals surface area contributed by atoms with Gasteiger partial charge in [0, 0.05) is 5.56 Å². The molecule has 0 unspecified atom stereocenters. The van der Waals surface area contributed by atoms with Gasteiger partial charge in [-0.25, -0.2) is 0 Å². The second-order valence-electron chi connectivity index (χ2n) is 3.40. The van der Waals surface area contributed by atoms with E-state index in [0.29, 0.717) is 25.3 Å². The van der Waals surface area contributed by atoms with E-state index in [9.17, 15) is 4.79 Å². The zero-order valence-corrected chi connectivity index (χ0v) is 9.19. The number of carbonyl (C=O) groups excluding carboxylic acids is 1. The summed E-state index contributed by atoms with van der Waals surface area (Å²) in [5.74, 6) is -0.426. The molecule has 0 aromatic heterocycles. The SMILES string of the molecule is NCC[CH]COCc1ccccc1C(N)=O. The van der Waals surface area contributed by atoms with Gasteiger partial charge in [-0.15, -0.1) is 0 Å². The zero-order valence-electron chi connectivity index (χ0n) is 9.19. The first-order chi connectivity index (χ1) is 7.75. The van der Waals surface area contributed by atoms with Gasteiger partial charge >= 0.3 is 0 Å². The maximum absolute atomic E-state index is 11.1. The Kier molecular flexibility index (Phi) is 5.53. The first-order valence-corrected chi connectivity index (χ1v) is 5.23. The second kappa shape index (κ2) is 6.98. The molecule has 0 atom stereocenters. The van der Waals surface area contributed by atoms with Crippen LogP contribution in [0.15, 0.2) is 24.3 Å². The van der Waals surface area contributed by atoms with Crippen LogP contribution in [0.25, 0.3) is 0 Å². The summed E-state index contributed by atoms with van der Waals surface area (Å²) in [6, 6.07) is 7.17. The highest BCUT2D eigenvalue weighted by Gasteiger charge is 2.06. The quantitative estimate of drug-likeness (QED) is 0.670. The highest BCUT2D eigenvalue weighted by atomic mass is 16.5. The van der Waals surface area contributed by atoms with Gasteiger partial charge in [0.1, 0.15) is 0 Å². The Morgan fingerprint density at radius 2 is 2.12 bits per heavy atom. The summed E-state index contributed by atoms with van der Waals surface area (Å²) in [5, 5.41) is 0. The average molecular weight is 221 g/mol. The van der Waals surface area contributed by atoms with Crippen molar-refractivity contribution in [2.45, 2.75) is 13.0 Å². The highest BCUT2D eigenvalue weighted by molar-refractivity contribution is 5.94. The number of amides is 1. The number of unbranched alkanes of at least 4 members (excludes halogenated alkanes) is 1. The van der Waals surface area contributed by atoms with Crippen molar-refractivity contribution in [1.82, 2.24) is 0 Å². The van der Waals surface area contributed by atoms with Gasteiger partial charge in [0.2, 0.25) is 5.91 Å². The van der Waals surface area contributed by atoms with E-state index >= 15 is 0 Å². The molecule has 4 heteroatoms. The number of benzene rings is 1. The largest absolute Gasteiger partial charge is 0.376 e. The average Bonchev–Trinajstić information content (AvgIpc) is 2.29. The molecule has 0 aliphatic rings. The van der Waals surface area contributed by atoms with E-state index in [1.165, 1.54) is 0 Å². The van der Waals surface area contributed by atoms with Gasteiger partial charge in [0.25, 0.3) is 0 Å². The summed E-state index contributed by atoms with van der Waals surface area (Å²) < 4.78 is 5.39. The number of hydrogen-bond donors (Lipinski definition) is 2. The van der Waals surface area contributed by atoms with Gasteiger partial charge in [0.05, 0.1) is 13.2 Å². The van der Waals surface area contributed by atoms with Gasteiger partial charge in [-0.3, -0.25) is 4.79 Å². The Labute approximate surface area is 95.6 Å². The van der Waals surface area contributed by atoms with Crippen LogP contribution >= 0.6 is 0 Å². The van der Waals surface area contributed by atoms with Crippen molar-refractivity contribution >= 4 is 5.91 Å². The predicted octanol–water partition coefficient (Wildman–Crippen LogP) is 0.855. The van der Waals surface area contributed by atoms with Gasteiger partial charge < -0.3 is 16.2 Å². The highest BCUT2D eigenvalue weighted by Crippen LogP contribution is 2.09.